The van der Waals surface area contributed by atoms with Crippen molar-refractivity contribution in [3.63, 3.8) is 0 Å². The molecule has 0 fully saturated rings. The molecule has 1 N–H and O–H groups in total. The number of aliphatic carboxylic acids is 1. The second-order valence-electron chi connectivity index (χ2n) is 11.8. The lowest BCUT2D eigenvalue weighted by atomic mass is 9.78. The van der Waals surface area contributed by atoms with Crippen LogP contribution in [0.1, 0.15) is 41.5 Å². The Balaban J connectivity index is 1.86. The predicted octanol–water partition coefficient (Wildman–Crippen LogP) is 8.45. The van der Waals surface area contributed by atoms with Crippen molar-refractivity contribution in [3.8, 4) is 44.5 Å². The molecule has 1 aliphatic rings. The highest BCUT2D eigenvalue weighted by Gasteiger charge is 2.51. The van der Waals surface area contributed by atoms with Crippen LogP contribution in [0.2, 0.25) is 0 Å². The van der Waals surface area contributed by atoms with Gasteiger partial charge < -0.3 is 5.11 Å². The van der Waals surface area contributed by atoms with Crippen LogP contribution in [0, 0.1) is 5.41 Å². The summed E-state index contributed by atoms with van der Waals surface area (Å²) in [6.07, 6.45) is 0. The Labute approximate surface area is 251 Å². The second-order valence-corrected chi connectivity index (χ2v) is 11.8. The number of carbonyl (C=O) groups excluding carboxylic acids is 2. The maximum Gasteiger partial charge on any atom is 0.327 e. The van der Waals surface area contributed by atoms with Crippen LogP contribution in [0.15, 0.2) is 121 Å². The van der Waals surface area contributed by atoms with Gasteiger partial charge in [0.15, 0.2) is 0 Å². The maximum absolute atomic E-state index is 14.7. The minimum atomic E-state index is -1.37. The summed E-state index contributed by atoms with van der Waals surface area (Å²) in [4.78, 5) is 43.0. The quantitative estimate of drug-likeness (QED) is 0.210. The molecule has 6 rings (SSSR count). The molecule has 0 saturated heterocycles. The summed E-state index contributed by atoms with van der Waals surface area (Å²) in [7, 11) is 0. The molecule has 1 heterocycles. The van der Waals surface area contributed by atoms with Gasteiger partial charge in [-0.1, -0.05) is 142 Å². The molecule has 0 unspecified atom stereocenters. The van der Waals surface area contributed by atoms with E-state index in [1.165, 1.54) is 0 Å². The van der Waals surface area contributed by atoms with Crippen LogP contribution in [0.4, 0.5) is 0 Å². The highest BCUT2D eigenvalue weighted by molar-refractivity contribution is 6.30. The number of hydrogen-bond donors (Lipinski definition) is 1. The van der Waals surface area contributed by atoms with Crippen molar-refractivity contribution in [2.45, 2.75) is 26.8 Å². The van der Waals surface area contributed by atoms with Crippen molar-refractivity contribution in [2.75, 3.05) is 0 Å². The fourth-order valence-corrected chi connectivity index (χ4v) is 6.19. The van der Waals surface area contributed by atoms with E-state index in [9.17, 15) is 19.5 Å². The highest BCUT2D eigenvalue weighted by Crippen LogP contribution is 2.52. The van der Waals surface area contributed by atoms with Crippen LogP contribution in [0.3, 0.4) is 0 Å². The minimum absolute atomic E-state index is 0.226. The number of nitrogens with zero attached hydrogens (tertiary/aromatic N) is 1. The van der Waals surface area contributed by atoms with Crippen molar-refractivity contribution in [3.05, 3.63) is 132 Å². The first-order valence-electron chi connectivity index (χ1n) is 14.3. The lowest BCUT2D eigenvalue weighted by Gasteiger charge is -2.33. The van der Waals surface area contributed by atoms with Gasteiger partial charge in [-0.3, -0.25) is 14.5 Å². The lowest BCUT2D eigenvalue weighted by Crippen LogP contribution is -2.52. The van der Waals surface area contributed by atoms with Gasteiger partial charge in [0.1, 0.15) is 6.04 Å². The normalized spacial score (nSPS) is 13.6. The third-order valence-electron chi connectivity index (χ3n) is 7.93. The molecular weight excluding hydrogens is 534 g/mol. The largest absolute Gasteiger partial charge is 0.480 e. The molecule has 1 atom stereocenters. The van der Waals surface area contributed by atoms with Crippen molar-refractivity contribution >= 4 is 17.8 Å². The van der Waals surface area contributed by atoms with E-state index in [1.807, 2.05) is 121 Å². The fourth-order valence-electron chi connectivity index (χ4n) is 6.19. The molecule has 5 aromatic carbocycles. The van der Waals surface area contributed by atoms with E-state index in [1.54, 1.807) is 20.8 Å². The van der Waals surface area contributed by atoms with Gasteiger partial charge >= 0.3 is 5.97 Å². The van der Waals surface area contributed by atoms with Crippen LogP contribution in [-0.2, 0) is 4.79 Å². The van der Waals surface area contributed by atoms with Gasteiger partial charge in [-0.15, -0.1) is 0 Å². The third kappa shape index (κ3) is 4.73. The van der Waals surface area contributed by atoms with E-state index in [-0.39, 0.29) is 11.1 Å². The number of imide groups is 1. The number of rotatable bonds is 6. The number of carboxylic acids is 1. The summed E-state index contributed by atoms with van der Waals surface area (Å²) in [5.74, 6) is -2.43. The zero-order chi connectivity index (χ0) is 30.3. The van der Waals surface area contributed by atoms with Gasteiger partial charge in [-0.05, 0) is 38.8 Å². The first-order valence-corrected chi connectivity index (χ1v) is 14.3. The minimum Gasteiger partial charge on any atom is -0.480 e. The van der Waals surface area contributed by atoms with Crippen LogP contribution < -0.4 is 0 Å². The number of amides is 2. The van der Waals surface area contributed by atoms with E-state index in [0.717, 1.165) is 38.3 Å². The summed E-state index contributed by atoms with van der Waals surface area (Å²) >= 11 is 0. The monoisotopic (exact) mass is 565 g/mol. The van der Waals surface area contributed by atoms with Gasteiger partial charge in [0.2, 0.25) is 0 Å². The molecule has 5 nitrogen and oxygen atoms in total. The van der Waals surface area contributed by atoms with Crippen molar-refractivity contribution in [1.82, 2.24) is 4.90 Å². The zero-order valence-electron chi connectivity index (χ0n) is 24.2. The fraction of sp³-hybridized carbons (Fsp3) is 0.132. The van der Waals surface area contributed by atoms with E-state index >= 15 is 0 Å². The second kappa shape index (κ2) is 10.8. The molecule has 5 heteroatoms. The summed E-state index contributed by atoms with van der Waals surface area (Å²) in [6, 6.07) is 37.5. The maximum atomic E-state index is 14.7. The van der Waals surface area contributed by atoms with Gasteiger partial charge in [-0.2, -0.15) is 0 Å². The standard InChI is InChI=1S/C38H31NO4/c1-38(2,3)34(37(42)43)39-35(40)32-30(26-20-12-6-13-21-26)28(24-16-8-4-9-17-24)29(25-18-10-5-11-19-25)31(33(32)36(39)41)27-22-14-7-15-23-27/h4-23,34H,1-3H3,(H,42,43)/t34-/m1/s1. The molecular formula is C38H31NO4. The Bertz CT molecular complexity index is 1720. The molecule has 0 aromatic heterocycles. The van der Waals surface area contributed by atoms with E-state index in [0.29, 0.717) is 11.1 Å². The van der Waals surface area contributed by atoms with Crippen LogP contribution in [0.5, 0.6) is 0 Å². The number of benzene rings is 5. The van der Waals surface area contributed by atoms with Crippen molar-refractivity contribution < 1.29 is 19.5 Å². The average molecular weight is 566 g/mol. The first kappa shape index (κ1) is 27.9. The molecule has 0 saturated carbocycles. The van der Waals surface area contributed by atoms with E-state index < -0.39 is 29.2 Å². The first-order chi connectivity index (χ1) is 20.7. The Hall–Kier alpha value is -5.29. The van der Waals surface area contributed by atoms with E-state index in [4.69, 9.17) is 0 Å². The smallest absolute Gasteiger partial charge is 0.327 e. The Morgan fingerprint density at radius 3 is 1.00 bits per heavy atom. The van der Waals surface area contributed by atoms with Crippen molar-refractivity contribution in [1.29, 1.82) is 0 Å². The van der Waals surface area contributed by atoms with Crippen molar-refractivity contribution in [2.24, 2.45) is 5.41 Å². The molecule has 2 amide bonds. The zero-order valence-corrected chi connectivity index (χ0v) is 24.2. The van der Waals surface area contributed by atoms with Gasteiger partial charge in [0.05, 0.1) is 11.1 Å². The molecule has 212 valence electrons. The summed E-state index contributed by atoms with van der Waals surface area (Å²) in [6.45, 7) is 5.20. The topological polar surface area (TPSA) is 74.7 Å². The lowest BCUT2D eigenvalue weighted by molar-refractivity contribution is -0.145. The third-order valence-corrected chi connectivity index (χ3v) is 7.93. The number of hydrogen-bond acceptors (Lipinski definition) is 3. The summed E-state index contributed by atoms with van der Waals surface area (Å²) < 4.78 is 0. The molecule has 1 aliphatic heterocycles. The summed E-state index contributed by atoms with van der Waals surface area (Å²) in [5.41, 5.74) is 5.66. The SMILES string of the molecule is CC(C)(C)[C@@H](C(=O)O)N1C(=O)c2c(c(-c3ccccc3)c(-c3ccccc3)c(-c3ccccc3)c2-c2ccccc2)C1=O. The summed E-state index contributed by atoms with van der Waals surface area (Å²) in [5, 5.41) is 10.4. The highest BCUT2D eigenvalue weighted by atomic mass is 16.4. The number of fused-ring (bicyclic) bond motifs is 1. The average Bonchev–Trinajstić information content (AvgIpc) is 3.26. The molecule has 0 spiro atoms. The van der Waals surface area contributed by atoms with Crippen LogP contribution in [-0.4, -0.2) is 33.8 Å². The molecule has 0 radical (unpaired) electrons. The van der Waals surface area contributed by atoms with E-state index in [2.05, 4.69) is 0 Å². The molecule has 5 aromatic rings. The Morgan fingerprint density at radius 1 is 0.512 bits per heavy atom. The molecule has 0 aliphatic carbocycles. The number of carbonyl (C=O) groups is 3. The van der Waals surface area contributed by atoms with Gasteiger partial charge in [0, 0.05) is 11.1 Å². The van der Waals surface area contributed by atoms with Crippen LogP contribution in [0.25, 0.3) is 44.5 Å². The van der Waals surface area contributed by atoms with Crippen LogP contribution >= 0.6 is 0 Å². The molecule has 43 heavy (non-hydrogen) atoms. The van der Waals surface area contributed by atoms with Gasteiger partial charge in [-0.25, -0.2) is 4.79 Å². The Morgan fingerprint density at radius 2 is 0.767 bits per heavy atom. The van der Waals surface area contributed by atoms with Gasteiger partial charge in [0.25, 0.3) is 11.8 Å². The predicted molar refractivity (Wildman–Crippen MR) is 170 cm³/mol. The molecule has 0 bridgehead atoms. The number of carboxylic acid groups (broad SMARTS) is 1. The Kier molecular flexibility index (Phi) is 7.02.